The first-order chi connectivity index (χ1) is 2.00. The van der Waals surface area contributed by atoms with Crippen LogP contribution in [0.5, 0.6) is 0 Å². The molecular formula is H9AlO4Si. The molecular weight excluding hydrogens is 119 g/mol. The van der Waals surface area contributed by atoms with Crippen molar-refractivity contribution in [2.75, 3.05) is 0 Å². The summed E-state index contributed by atoms with van der Waals surface area (Å²) in [6, 6.07) is 0. The van der Waals surface area contributed by atoms with Crippen LogP contribution in [0.1, 0.15) is 1.43 Å². The van der Waals surface area contributed by atoms with Crippen LogP contribution in [-0.2, 0) is 0 Å². The normalized spacial score (nSPS) is 10.0. The average Bonchev–Trinajstić information content (AvgIpc) is 0.722. The number of hydrogen-bond donors (Lipinski definition) is 4. The van der Waals surface area contributed by atoms with Crippen molar-refractivity contribution in [1.82, 2.24) is 0 Å². The van der Waals surface area contributed by atoms with E-state index in [0.717, 1.165) is 0 Å². The third-order valence-electron chi connectivity index (χ3n) is 0. The van der Waals surface area contributed by atoms with Crippen molar-refractivity contribution in [2.24, 2.45) is 0 Å². The molecule has 0 fully saturated rings. The van der Waals surface area contributed by atoms with Crippen molar-refractivity contribution in [3.05, 3.63) is 0 Å². The van der Waals surface area contributed by atoms with Crippen molar-refractivity contribution < 1.29 is 20.6 Å². The van der Waals surface area contributed by atoms with E-state index in [-0.39, 0.29) is 18.8 Å². The molecule has 0 aromatic heterocycles. The molecule has 0 unspecified atom stereocenters. The van der Waals surface area contributed by atoms with Crippen molar-refractivity contribution in [2.45, 2.75) is 0 Å². The van der Waals surface area contributed by atoms with Gasteiger partial charge in [-0.2, -0.15) is 0 Å². The van der Waals surface area contributed by atoms with Gasteiger partial charge in [0, 0.05) is 1.43 Å². The third kappa shape index (κ3) is 170. The maximum Gasteiger partial charge on any atom is 0.668 e. The molecule has 40 valence electrons. The van der Waals surface area contributed by atoms with E-state index in [1.54, 1.807) is 0 Å². The van der Waals surface area contributed by atoms with Crippen LogP contribution in [0.25, 0.3) is 0 Å². The summed E-state index contributed by atoms with van der Waals surface area (Å²) in [7, 11) is -4.61. The van der Waals surface area contributed by atoms with Crippen molar-refractivity contribution >= 4 is 26.4 Å². The fourth-order valence-electron chi connectivity index (χ4n) is 0. The largest absolute Gasteiger partial charge is 0.668 e. The van der Waals surface area contributed by atoms with Crippen molar-refractivity contribution in [1.29, 1.82) is 0 Å². The highest BCUT2D eigenvalue weighted by Gasteiger charge is 2.22. The van der Waals surface area contributed by atoms with Gasteiger partial charge in [0.1, 0.15) is 0 Å². The molecule has 4 N–H and O–H groups in total. The standard InChI is InChI=1S/Al.H4O4Si.H2.3H/c;1-5(2,3)4;;;;/h;1-4H;1H;;;. The summed E-state index contributed by atoms with van der Waals surface area (Å²) in [6.45, 7) is 0. The molecule has 0 heterocycles. The van der Waals surface area contributed by atoms with E-state index >= 15 is 0 Å². The Balaban J connectivity index is -0.0000000800. The molecule has 0 aromatic rings. The molecule has 0 spiro atoms. The van der Waals surface area contributed by atoms with E-state index in [4.69, 9.17) is 19.2 Å². The monoisotopic (exact) mass is 128 g/mol. The SMILES string of the molecule is O[Si](O)(O)O.[AlH3].[HH]. The molecule has 0 atom stereocenters. The second-order valence-corrected chi connectivity index (χ2v) is 1.80. The van der Waals surface area contributed by atoms with E-state index in [1.807, 2.05) is 0 Å². The Morgan fingerprint density at radius 2 is 1.00 bits per heavy atom. The molecule has 0 saturated carbocycles. The molecule has 6 heteroatoms. The average molecular weight is 128 g/mol. The van der Waals surface area contributed by atoms with Gasteiger partial charge in [0.15, 0.2) is 17.4 Å². The smallest absolute Gasteiger partial charge is 0.368 e. The Labute approximate surface area is 47.8 Å². The topological polar surface area (TPSA) is 80.9 Å². The summed E-state index contributed by atoms with van der Waals surface area (Å²) in [5.41, 5.74) is 0. The van der Waals surface area contributed by atoms with Gasteiger partial charge in [0.25, 0.3) is 0 Å². The highest BCUT2D eigenvalue weighted by atomic mass is 28.4. The zero-order valence-corrected chi connectivity index (χ0v) is 3.29. The van der Waals surface area contributed by atoms with Gasteiger partial charge in [-0.25, -0.2) is 0 Å². The summed E-state index contributed by atoms with van der Waals surface area (Å²) in [6.07, 6.45) is 0. The zero-order valence-electron chi connectivity index (χ0n) is 2.29. The summed E-state index contributed by atoms with van der Waals surface area (Å²) >= 11 is 0. The van der Waals surface area contributed by atoms with Gasteiger partial charge in [0.2, 0.25) is 0 Å². The summed E-state index contributed by atoms with van der Waals surface area (Å²) in [5, 5.41) is 0. The Hall–Kier alpha value is 0.589. The molecule has 0 saturated heterocycles. The lowest BCUT2D eigenvalue weighted by molar-refractivity contribution is 0.117. The van der Waals surface area contributed by atoms with E-state index < -0.39 is 9.05 Å². The van der Waals surface area contributed by atoms with Gasteiger partial charge < -0.3 is 19.2 Å². The molecule has 0 bridgehead atoms. The number of hydrogen-bond acceptors (Lipinski definition) is 4. The predicted octanol–water partition coefficient (Wildman–Crippen LogP) is -3.55. The molecule has 0 aromatic carbocycles. The minimum absolute atomic E-state index is 0. The minimum atomic E-state index is -4.61. The quantitative estimate of drug-likeness (QED) is 0.255. The summed E-state index contributed by atoms with van der Waals surface area (Å²) < 4.78 is 0. The second-order valence-electron chi connectivity index (χ2n) is 0.600. The maximum absolute atomic E-state index is 7.33. The highest BCUT2D eigenvalue weighted by Crippen LogP contribution is 1.67. The second kappa shape index (κ2) is 2.71. The highest BCUT2D eigenvalue weighted by molar-refractivity contribution is 6.46. The van der Waals surface area contributed by atoms with Crippen LogP contribution in [-0.4, -0.2) is 45.6 Å². The number of rotatable bonds is 0. The fourth-order valence-corrected chi connectivity index (χ4v) is 0. The van der Waals surface area contributed by atoms with E-state index in [2.05, 4.69) is 0 Å². The lowest BCUT2D eigenvalue weighted by atomic mass is 15.7. The molecule has 0 radical (unpaired) electrons. The van der Waals surface area contributed by atoms with Gasteiger partial charge in [-0.05, 0) is 0 Å². The van der Waals surface area contributed by atoms with Crippen LogP contribution in [0, 0.1) is 0 Å². The molecule has 6 heavy (non-hydrogen) atoms. The molecule has 4 nitrogen and oxygen atoms in total. The fraction of sp³-hybridized carbons (Fsp3) is 0. The van der Waals surface area contributed by atoms with Crippen LogP contribution in [0.2, 0.25) is 0 Å². The maximum atomic E-state index is 7.33. The van der Waals surface area contributed by atoms with Crippen LogP contribution in [0.3, 0.4) is 0 Å². The lowest BCUT2D eigenvalue weighted by Gasteiger charge is -1.91. The summed E-state index contributed by atoms with van der Waals surface area (Å²) in [4.78, 5) is 29.3. The molecule has 0 aliphatic carbocycles. The zero-order chi connectivity index (χ0) is 4.50. The molecule has 0 aliphatic heterocycles. The first-order valence-corrected chi connectivity index (χ1v) is 2.68. The van der Waals surface area contributed by atoms with E-state index in [9.17, 15) is 0 Å². The molecule has 0 aliphatic rings. The van der Waals surface area contributed by atoms with Crippen molar-refractivity contribution in [3.8, 4) is 0 Å². The lowest BCUT2D eigenvalue weighted by Crippen LogP contribution is -2.33. The van der Waals surface area contributed by atoms with E-state index in [0.29, 0.717) is 0 Å². The van der Waals surface area contributed by atoms with Crippen LogP contribution >= 0.6 is 0 Å². The van der Waals surface area contributed by atoms with Gasteiger partial charge in [-0.3, -0.25) is 0 Å². The summed E-state index contributed by atoms with van der Waals surface area (Å²) in [5.74, 6) is 0. The predicted molar refractivity (Wildman–Crippen MR) is 26.7 cm³/mol. The first-order valence-electron chi connectivity index (χ1n) is 0.894. The third-order valence-corrected chi connectivity index (χ3v) is 0. The minimum Gasteiger partial charge on any atom is -0.368 e. The Kier molecular flexibility index (Phi) is 4.42. The van der Waals surface area contributed by atoms with Crippen LogP contribution in [0.15, 0.2) is 0 Å². The molecule has 0 amide bonds. The van der Waals surface area contributed by atoms with Gasteiger partial charge in [0.05, 0.1) is 0 Å². The Bertz CT molecular complexity index is 27.2. The Morgan fingerprint density at radius 3 is 1.00 bits per heavy atom. The van der Waals surface area contributed by atoms with Crippen LogP contribution in [0.4, 0.5) is 0 Å². The molecule has 0 rings (SSSR count). The first kappa shape index (κ1) is 9.77. The van der Waals surface area contributed by atoms with E-state index in [1.165, 1.54) is 0 Å². The van der Waals surface area contributed by atoms with Crippen molar-refractivity contribution in [3.63, 3.8) is 0 Å². The van der Waals surface area contributed by atoms with Gasteiger partial charge in [-0.15, -0.1) is 0 Å². The van der Waals surface area contributed by atoms with Crippen LogP contribution < -0.4 is 0 Å². The Morgan fingerprint density at radius 1 is 1.00 bits per heavy atom. The van der Waals surface area contributed by atoms with Gasteiger partial charge >= 0.3 is 9.05 Å². The van der Waals surface area contributed by atoms with Gasteiger partial charge in [-0.1, -0.05) is 0 Å².